The number of carbonyl (C=O) groups excluding carboxylic acids is 1. The zero-order valence-corrected chi connectivity index (χ0v) is 15.0. The molecule has 0 spiro atoms. The van der Waals surface area contributed by atoms with Crippen LogP contribution in [0, 0.1) is 5.82 Å². The van der Waals surface area contributed by atoms with Crippen molar-refractivity contribution in [3.05, 3.63) is 59.4 Å². The molecule has 0 radical (unpaired) electrons. The predicted molar refractivity (Wildman–Crippen MR) is 95.7 cm³/mol. The summed E-state index contributed by atoms with van der Waals surface area (Å²) >= 11 is 0. The number of nitrogens with one attached hydrogen (secondary N) is 1. The van der Waals surface area contributed by atoms with Crippen LogP contribution in [0.5, 0.6) is 0 Å². The molecule has 0 saturated heterocycles. The Hall–Kier alpha value is -2.05. The Bertz CT molecular complexity index is 672. The van der Waals surface area contributed by atoms with Gasteiger partial charge in [-0.2, -0.15) is 0 Å². The second kappa shape index (κ2) is 9.05. The summed E-state index contributed by atoms with van der Waals surface area (Å²) in [4.78, 5) is 12.1. The third-order valence-corrected chi connectivity index (χ3v) is 4.48. The topological polar surface area (TPSA) is 58.6 Å². The molecule has 142 valence electrons. The second-order valence-corrected chi connectivity index (χ2v) is 6.38. The van der Waals surface area contributed by atoms with Crippen molar-refractivity contribution in [1.29, 1.82) is 0 Å². The highest BCUT2D eigenvalue weighted by Crippen LogP contribution is 2.37. The fraction of sp³-hybridized carbons (Fsp3) is 0.450. The molecule has 2 rings (SSSR count). The van der Waals surface area contributed by atoms with Gasteiger partial charge in [0.15, 0.2) is 5.60 Å². The van der Waals surface area contributed by atoms with E-state index in [1.165, 1.54) is 36.4 Å². The molecular weight excluding hydrogens is 340 g/mol. The molecule has 0 fully saturated rings. The number of carbonyl (C=O) groups is 1. The van der Waals surface area contributed by atoms with Crippen molar-refractivity contribution >= 4 is 5.97 Å². The van der Waals surface area contributed by atoms with Crippen LogP contribution in [0.2, 0.25) is 0 Å². The largest absolute Gasteiger partial charge is 0.459 e. The summed E-state index contributed by atoms with van der Waals surface area (Å²) in [7, 11) is 1.79. The third-order valence-electron chi connectivity index (χ3n) is 4.48. The lowest BCUT2D eigenvalue weighted by Crippen LogP contribution is -2.42. The van der Waals surface area contributed by atoms with Gasteiger partial charge in [-0.15, -0.1) is 0 Å². The maximum Gasteiger partial charge on any atom is 0.306 e. The second-order valence-electron chi connectivity index (χ2n) is 6.38. The number of aliphatic hydroxyl groups is 1. The van der Waals surface area contributed by atoms with Crippen LogP contribution in [0.25, 0.3) is 0 Å². The number of esters is 1. The smallest absolute Gasteiger partial charge is 0.306 e. The maximum atomic E-state index is 13.4. The van der Waals surface area contributed by atoms with E-state index in [1.807, 2.05) is 0 Å². The van der Waals surface area contributed by atoms with Crippen molar-refractivity contribution in [2.24, 2.45) is 0 Å². The van der Waals surface area contributed by atoms with E-state index in [0.717, 1.165) is 0 Å². The number of alkyl halides is 1. The molecule has 0 aromatic heterocycles. The first kappa shape index (κ1) is 20.3. The minimum atomic E-state index is -1.69. The SMILES string of the molecule is CNCCCC(=O)O[C@@H](C)C(O)(C1=CCC(F)C=C1)c1ccc(F)cc1. The van der Waals surface area contributed by atoms with Crippen molar-refractivity contribution < 1.29 is 23.4 Å². The van der Waals surface area contributed by atoms with E-state index in [4.69, 9.17) is 4.74 Å². The molecule has 1 aromatic carbocycles. The molecule has 2 N–H and O–H groups in total. The summed E-state index contributed by atoms with van der Waals surface area (Å²) in [5.41, 5.74) is -0.889. The monoisotopic (exact) mass is 365 g/mol. The standard InChI is InChI=1S/C20H25F2NO3/c1-14(26-19(24)4-3-13-23-2)20(25,15-5-9-17(21)10-6-15)16-7-11-18(22)12-8-16/h5-11,14,18,23,25H,3-4,12-13H2,1-2H3/t14-,18?,20?/m0/s1. The molecule has 2 unspecified atom stereocenters. The molecule has 4 nitrogen and oxygen atoms in total. The first-order valence-electron chi connectivity index (χ1n) is 8.73. The van der Waals surface area contributed by atoms with Gasteiger partial charge in [0.1, 0.15) is 18.1 Å². The van der Waals surface area contributed by atoms with Gasteiger partial charge in [0, 0.05) is 12.8 Å². The first-order chi connectivity index (χ1) is 12.4. The fourth-order valence-electron chi connectivity index (χ4n) is 2.97. The van der Waals surface area contributed by atoms with Crippen LogP contribution in [0.1, 0.15) is 31.7 Å². The van der Waals surface area contributed by atoms with E-state index >= 15 is 0 Å². The van der Waals surface area contributed by atoms with Gasteiger partial charge in [-0.1, -0.05) is 30.4 Å². The van der Waals surface area contributed by atoms with E-state index in [0.29, 0.717) is 24.1 Å². The summed E-state index contributed by atoms with van der Waals surface area (Å²) < 4.78 is 32.2. The van der Waals surface area contributed by atoms with E-state index in [2.05, 4.69) is 5.32 Å². The number of hydrogen-bond acceptors (Lipinski definition) is 4. The Morgan fingerprint density at radius 2 is 2.12 bits per heavy atom. The van der Waals surface area contributed by atoms with Gasteiger partial charge in [0.25, 0.3) is 0 Å². The minimum Gasteiger partial charge on any atom is -0.459 e. The number of allylic oxidation sites excluding steroid dienone is 2. The van der Waals surface area contributed by atoms with Gasteiger partial charge in [-0.25, -0.2) is 8.78 Å². The van der Waals surface area contributed by atoms with Crippen LogP contribution in [0.3, 0.4) is 0 Å². The number of ether oxygens (including phenoxy) is 1. The molecule has 26 heavy (non-hydrogen) atoms. The van der Waals surface area contributed by atoms with E-state index in [-0.39, 0.29) is 12.8 Å². The molecule has 0 amide bonds. The van der Waals surface area contributed by atoms with Crippen molar-refractivity contribution in [2.75, 3.05) is 13.6 Å². The van der Waals surface area contributed by atoms with Gasteiger partial charge in [0.05, 0.1) is 0 Å². The lowest BCUT2D eigenvalue weighted by atomic mass is 9.79. The number of hydrogen-bond donors (Lipinski definition) is 2. The lowest BCUT2D eigenvalue weighted by Gasteiger charge is -2.36. The van der Waals surface area contributed by atoms with Crippen molar-refractivity contribution in [3.8, 4) is 0 Å². The zero-order valence-electron chi connectivity index (χ0n) is 15.0. The molecule has 3 atom stereocenters. The van der Waals surface area contributed by atoms with Gasteiger partial charge in [0.2, 0.25) is 0 Å². The highest BCUT2D eigenvalue weighted by molar-refractivity contribution is 5.69. The van der Waals surface area contributed by atoms with E-state index in [9.17, 15) is 18.7 Å². The van der Waals surface area contributed by atoms with Crippen molar-refractivity contribution in [3.63, 3.8) is 0 Å². The molecule has 1 aromatic rings. The summed E-state index contributed by atoms with van der Waals surface area (Å²) in [6.45, 7) is 2.26. The molecule has 0 heterocycles. The van der Waals surface area contributed by atoms with Crippen LogP contribution in [0.4, 0.5) is 8.78 Å². The van der Waals surface area contributed by atoms with Crippen LogP contribution in [0.15, 0.2) is 48.1 Å². The number of benzene rings is 1. The first-order valence-corrected chi connectivity index (χ1v) is 8.73. The Kier molecular flexibility index (Phi) is 7.06. The Morgan fingerprint density at radius 3 is 2.69 bits per heavy atom. The molecule has 0 saturated carbocycles. The van der Waals surface area contributed by atoms with Crippen molar-refractivity contribution in [2.45, 2.75) is 44.1 Å². The number of rotatable bonds is 8. The summed E-state index contributed by atoms with van der Waals surface area (Å²) in [5, 5.41) is 14.4. The highest BCUT2D eigenvalue weighted by Gasteiger charge is 2.41. The maximum absolute atomic E-state index is 13.4. The van der Waals surface area contributed by atoms with Gasteiger partial charge in [-0.05, 0) is 50.2 Å². The quantitative estimate of drug-likeness (QED) is 0.549. The van der Waals surface area contributed by atoms with Crippen molar-refractivity contribution in [1.82, 2.24) is 5.32 Å². The molecule has 1 aliphatic rings. The Morgan fingerprint density at radius 1 is 1.42 bits per heavy atom. The average Bonchev–Trinajstić information content (AvgIpc) is 2.62. The van der Waals surface area contributed by atoms with Crippen LogP contribution < -0.4 is 5.32 Å². The van der Waals surface area contributed by atoms with Crippen LogP contribution in [-0.2, 0) is 15.1 Å². The summed E-state index contributed by atoms with van der Waals surface area (Å²) in [6.07, 6.45) is 3.33. The van der Waals surface area contributed by atoms with E-state index < -0.39 is 29.7 Å². The lowest BCUT2D eigenvalue weighted by molar-refractivity contribution is -0.160. The zero-order chi connectivity index (χ0) is 19.2. The third kappa shape index (κ3) is 4.77. The normalized spacial score (nSPS) is 20.2. The van der Waals surface area contributed by atoms with E-state index in [1.54, 1.807) is 20.0 Å². The average molecular weight is 365 g/mol. The number of halogens is 2. The molecule has 0 bridgehead atoms. The Labute approximate surface area is 152 Å². The fourth-order valence-corrected chi connectivity index (χ4v) is 2.97. The molecule has 0 aliphatic heterocycles. The summed E-state index contributed by atoms with van der Waals surface area (Å²) in [6, 6.07) is 5.34. The molecule has 6 heteroatoms. The predicted octanol–water partition coefficient (Wildman–Crippen LogP) is 3.17. The highest BCUT2D eigenvalue weighted by atomic mass is 19.1. The molecule has 1 aliphatic carbocycles. The summed E-state index contributed by atoms with van der Waals surface area (Å²) in [5.74, 6) is -0.873. The van der Waals surface area contributed by atoms with Crippen LogP contribution >= 0.6 is 0 Å². The van der Waals surface area contributed by atoms with Gasteiger partial charge < -0.3 is 15.2 Å². The molecular formula is C20H25F2NO3. The van der Waals surface area contributed by atoms with Gasteiger partial charge >= 0.3 is 5.97 Å². The Balaban J connectivity index is 2.27. The van der Waals surface area contributed by atoms with Gasteiger partial charge in [-0.3, -0.25) is 4.79 Å². The van der Waals surface area contributed by atoms with Crippen LogP contribution in [-0.4, -0.2) is 36.9 Å². The minimum absolute atomic E-state index is 0.123.